The second-order valence-electron chi connectivity index (χ2n) is 9.73. The average Bonchev–Trinajstić information content (AvgIpc) is 2.81. The van der Waals surface area contributed by atoms with Crippen LogP contribution in [0.3, 0.4) is 0 Å². The largest absolute Gasteiger partial charge is 0.466 e. The zero-order chi connectivity index (χ0) is 24.8. The molecular weight excluding hydrogens is 497 g/mol. The van der Waals surface area contributed by atoms with Crippen molar-refractivity contribution in [2.24, 2.45) is 17.6 Å². The number of nitrogens with zero attached hydrogens (tertiary/aromatic N) is 2. The van der Waals surface area contributed by atoms with E-state index >= 15 is 0 Å². The Balaban J connectivity index is 0.00000324. The Morgan fingerprint density at radius 1 is 1.08 bits per heavy atom. The topological polar surface area (TPSA) is 85.5 Å². The van der Waals surface area contributed by atoms with Gasteiger partial charge in [0.1, 0.15) is 0 Å². The lowest BCUT2D eigenvalue weighted by Gasteiger charge is -2.31. The van der Waals surface area contributed by atoms with Gasteiger partial charge < -0.3 is 15.4 Å². The van der Waals surface area contributed by atoms with Gasteiger partial charge in [0.2, 0.25) is 5.91 Å². The summed E-state index contributed by atoms with van der Waals surface area (Å²) >= 11 is 0. The van der Waals surface area contributed by atoms with Crippen molar-refractivity contribution < 1.29 is 14.3 Å². The van der Waals surface area contributed by atoms with Crippen LogP contribution in [0.5, 0.6) is 0 Å². The number of hydrogen-bond acceptors (Lipinski definition) is 5. The maximum Gasteiger partial charge on any atom is 0.309 e. The number of amides is 1. The third-order valence-corrected chi connectivity index (χ3v) is 6.63. The van der Waals surface area contributed by atoms with Crippen LogP contribution in [0.2, 0.25) is 0 Å². The quantitative estimate of drug-likeness (QED) is 0.467. The fourth-order valence-electron chi connectivity index (χ4n) is 4.79. The fraction of sp³-hybridized carbons (Fsp3) is 0.536. The summed E-state index contributed by atoms with van der Waals surface area (Å²) in [6.45, 7) is 12.2. The van der Waals surface area contributed by atoms with Gasteiger partial charge in [0.25, 0.3) is 0 Å². The van der Waals surface area contributed by atoms with Gasteiger partial charge in [-0.1, -0.05) is 43.7 Å². The third kappa shape index (κ3) is 7.67. The Bertz CT molecular complexity index is 1020. The van der Waals surface area contributed by atoms with Crippen LogP contribution < -0.4 is 5.73 Å². The molecule has 2 N–H and O–H groups in total. The van der Waals surface area contributed by atoms with E-state index in [0.717, 1.165) is 40.1 Å². The SMILES string of the molecule is CCOC(=O)C1CCN(C(=O)Cc2c(C)nc(CC(C)C)c(CN)c2-c2ccc(C)cc2)CC1.Cl.Cl. The van der Waals surface area contributed by atoms with Crippen LogP contribution in [0.4, 0.5) is 0 Å². The lowest BCUT2D eigenvalue weighted by molar-refractivity contribution is -0.151. The molecule has 0 spiro atoms. The first-order valence-electron chi connectivity index (χ1n) is 12.5. The summed E-state index contributed by atoms with van der Waals surface area (Å²) in [6.07, 6.45) is 2.42. The van der Waals surface area contributed by atoms with Crippen LogP contribution in [0.15, 0.2) is 24.3 Å². The summed E-state index contributed by atoms with van der Waals surface area (Å²) in [4.78, 5) is 32.2. The number of piperidine rings is 1. The second kappa shape index (κ2) is 14.6. The van der Waals surface area contributed by atoms with Gasteiger partial charge in [0.15, 0.2) is 0 Å². The second-order valence-corrected chi connectivity index (χ2v) is 9.73. The maximum atomic E-state index is 13.4. The zero-order valence-corrected chi connectivity index (χ0v) is 23.8. The predicted molar refractivity (Wildman–Crippen MR) is 150 cm³/mol. The number of aryl methyl sites for hydroxylation is 2. The molecule has 0 aliphatic carbocycles. The summed E-state index contributed by atoms with van der Waals surface area (Å²) in [5.74, 6) is 0.260. The van der Waals surface area contributed by atoms with Crippen molar-refractivity contribution in [3.05, 3.63) is 52.3 Å². The number of halogens is 2. The van der Waals surface area contributed by atoms with Crippen molar-refractivity contribution in [3.63, 3.8) is 0 Å². The minimum atomic E-state index is -0.148. The van der Waals surface area contributed by atoms with Crippen LogP contribution in [0.25, 0.3) is 11.1 Å². The van der Waals surface area contributed by atoms with Gasteiger partial charge in [0.05, 0.1) is 18.9 Å². The normalized spacial score (nSPS) is 13.7. The number of nitrogens with two attached hydrogens (primary N) is 1. The van der Waals surface area contributed by atoms with E-state index in [2.05, 4.69) is 45.0 Å². The van der Waals surface area contributed by atoms with Gasteiger partial charge in [-0.2, -0.15) is 0 Å². The summed E-state index contributed by atoms with van der Waals surface area (Å²) in [5, 5.41) is 0. The van der Waals surface area contributed by atoms with Gasteiger partial charge in [-0.15, -0.1) is 24.8 Å². The first-order valence-corrected chi connectivity index (χ1v) is 12.5. The van der Waals surface area contributed by atoms with Gasteiger partial charge in [-0.25, -0.2) is 0 Å². The Kier molecular flexibility index (Phi) is 12.9. The van der Waals surface area contributed by atoms with Crippen molar-refractivity contribution in [1.82, 2.24) is 9.88 Å². The molecule has 200 valence electrons. The molecule has 1 saturated heterocycles. The van der Waals surface area contributed by atoms with E-state index in [1.54, 1.807) is 0 Å². The van der Waals surface area contributed by atoms with Crippen molar-refractivity contribution >= 4 is 36.7 Å². The van der Waals surface area contributed by atoms with Gasteiger partial charge >= 0.3 is 5.97 Å². The van der Waals surface area contributed by atoms with E-state index in [1.165, 1.54) is 5.56 Å². The Morgan fingerprint density at radius 2 is 1.69 bits per heavy atom. The molecule has 1 aliphatic rings. The Hall–Kier alpha value is -2.15. The number of ether oxygens (including phenoxy) is 1. The van der Waals surface area contributed by atoms with Gasteiger partial charge in [-0.05, 0) is 68.2 Å². The van der Waals surface area contributed by atoms with E-state index in [9.17, 15) is 9.59 Å². The van der Waals surface area contributed by atoms with E-state index < -0.39 is 0 Å². The van der Waals surface area contributed by atoms with Crippen LogP contribution in [-0.4, -0.2) is 41.5 Å². The highest BCUT2D eigenvalue weighted by Gasteiger charge is 2.29. The molecule has 1 aromatic carbocycles. The smallest absolute Gasteiger partial charge is 0.309 e. The summed E-state index contributed by atoms with van der Waals surface area (Å²) in [6, 6.07) is 8.42. The maximum absolute atomic E-state index is 13.4. The number of rotatable bonds is 8. The van der Waals surface area contributed by atoms with E-state index in [1.807, 2.05) is 18.7 Å². The lowest BCUT2D eigenvalue weighted by atomic mass is 9.88. The highest BCUT2D eigenvalue weighted by Crippen LogP contribution is 2.33. The molecule has 0 unspecified atom stereocenters. The summed E-state index contributed by atoms with van der Waals surface area (Å²) < 4.78 is 5.16. The number of pyridine rings is 1. The molecule has 2 aromatic rings. The molecule has 0 saturated carbocycles. The molecule has 0 bridgehead atoms. The van der Waals surface area contributed by atoms with Crippen LogP contribution >= 0.6 is 24.8 Å². The molecule has 0 radical (unpaired) electrons. The highest BCUT2D eigenvalue weighted by molar-refractivity contribution is 5.86. The Labute approximate surface area is 228 Å². The number of benzene rings is 1. The standard InChI is InChI=1S/C28H39N3O3.2ClH/c1-6-34-28(33)22-11-13-31(14-12-22)26(32)16-23-20(5)30-25(15-18(2)3)24(17-29)27(23)21-9-7-19(4)8-10-21;;/h7-10,18,22H,6,11-17,29H2,1-5H3;2*1H. The number of carbonyl (C=O) groups is 2. The zero-order valence-electron chi connectivity index (χ0n) is 22.1. The van der Waals surface area contributed by atoms with Crippen molar-refractivity contribution in [3.8, 4) is 11.1 Å². The number of likely N-dealkylation sites (tertiary alicyclic amines) is 1. The predicted octanol–water partition coefficient (Wildman–Crippen LogP) is 5.21. The lowest BCUT2D eigenvalue weighted by Crippen LogP contribution is -2.41. The molecule has 8 heteroatoms. The minimum Gasteiger partial charge on any atom is -0.466 e. The highest BCUT2D eigenvalue weighted by atomic mass is 35.5. The molecular formula is C28H41Cl2N3O3. The molecule has 0 atom stereocenters. The van der Waals surface area contributed by atoms with Crippen LogP contribution in [-0.2, 0) is 33.7 Å². The molecule has 6 nitrogen and oxygen atoms in total. The van der Waals surface area contributed by atoms with Crippen molar-refractivity contribution in [1.29, 1.82) is 0 Å². The average molecular weight is 539 g/mol. The number of carbonyl (C=O) groups excluding carboxylic acids is 2. The van der Waals surface area contributed by atoms with Gasteiger partial charge in [-0.3, -0.25) is 14.6 Å². The van der Waals surface area contributed by atoms with Crippen LogP contribution in [0, 0.1) is 25.7 Å². The first-order chi connectivity index (χ1) is 16.2. The number of aromatic nitrogens is 1. The van der Waals surface area contributed by atoms with Crippen molar-refractivity contribution in [2.45, 2.75) is 66.8 Å². The summed E-state index contributed by atoms with van der Waals surface area (Å²) in [7, 11) is 0. The third-order valence-electron chi connectivity index (χ3n) is 6.63. The molecule has 3 rings (SSSR count). The fourth-order valence-corrected chi connectivity index (χ4v) is 4.79. The van der Waals surface area contributed by atoms with Crippen molar-refractivity contribution in [2.75, 3.05) is 19.7 Å². The molecule has 36 heavy (non-hydrogen) atoms. The molecule has 1 amide bonds. The molecule has 2 heterocycles. The number of hydrogen-bond donors (Lipinski definition) is 1. The number of esters is 1. The molecule has 1 aliphatic heterocycles. The molecule has 1 fully saturated rings. The van der Waals surface area contributed by atoms with Gasteiger partial charge in [0, 0.05) is 31.0 Å². The van der Waals surface area contributed by atoms with Crippen LogP contribution in [0.1, 0.15) is 61.7 Å². The Morgan fingerprint density at radius 3 is 2.22 bits per heavy atom. The van der Waals surface area contributed by atoms with E-state index in [4.69, 9.17) is 15.5 Å². The van der Waals surface area contributed by atoms with E-state index in [-0.39, 0.29) is 49.0 Å². The first kappa shape index (κ1) is 31.9. The monoisotopic (exact) mass is 537 g/mol. The molecule has 1 aromatic heterocycles. The van der Waals surface area contributed by atoms with E-state index in [0.29, 0.717) is 45.0 Å². The minimum absolute atomic E-state index is 0. The summed E-state index contributed by atoms with van der Waals surface area (Å²) in [5.41, 5.74) is 13.5.